The van der Waals surface area contributed by atoms with Crippen LogP contribution in [-0.2, 0) is 4.79 Å². The Hall–Kier alpha value is -1.83. The summed E-state index contributed by atoms with van der Waals surface area (Å²) in [4.78, 5) is 11.7. The third kappa shape index (κ3) is 4.69. The molecule has 0 radical (unpaired) electrons. The number of carbonyl (C=O) groups is 1. The molecule has 0 aromatic heterocycles. The lowest BCUT2D eigenvalue weighted by atomic mass is 10.1. The van der Waals surface area contributed by atoms with Crippen molar-refractivity contribution in [3.05, 3.63) is 81.9 Å². The molecule has 20 heavy (non-hydrogen) atoms. The largest absolute Gasteiger partial charge is 0.290 e. The molecule has 0 heterocycles. The summed E-state index contributed by atoms with van der Waals surface area (Å²) in [5.74, 6) is -0.0742. The van der Waals surface area contributed by atoms with E-state index in [9.17, 15) is 4.79 Å². The van der Waals surface area contributed by atoms with E-state index in [2.05, 4.69) is 0 Å². The van der Waals surface area contributed by atoms with Crippen LogP contribution in [0.1, 0.15) is 11.1 Å². The minimum atomic E-state index is -0.0742. The number of rotatable bonds is 4. The zero-order valence-corrected chi connectivity index (χ0v) is 12.1. The van der Waals surface area contributed by atoms with Crippen LogP contribution in [0.25, 0.3) is 12.2 Å². The fourth-order valence-corrected chi connectivity index (χ4v) is 1.81. The smallest absolute Gasteiger partial charge is 0.178 e. The van der Waals surface area contributed by atoms with Crippen molar-refractivity contribution in [3.8, 4) is 0 Å². The molecule has 3 heteroatoms. The first-order chi connectivity index (χ1) is 9.63. The second-order valence-electron chi connectivity index (χ2n) is 4.17. The Kier molecular flexibility index (Phi) is 5.16. The summed E-state index contributed by atoms with van der Waals surface area (Å²) >= 11 is 11.6. The Morgan fingerprint density at radius 3 is 1.40 bits per heavy atom. The zero-order valence-electron chi connectivity index (χ0n) is 10.6. The number of carbonyl (C=O) groups excluding carboxylic acids is 1. The van der Waals surface area contributed by atoms with Gasteiger partial charge in [0.1, 0.15) is 0 Å². The van der Waals surface area contributed by atoms with Crippen LogP contribution in [0.4, 0.5) is 0 Å². The third-order valence-electron chi connectivity index (χ3n) is 2.62. The number of hydrogen-bond donors (Lipinski definition) is 0. The topological polar surface area (TPSA) is 17.1 Å². The molecule has 2 rings (SSSR count). The molecule has 1 nitrogen and oxygen atoms in total. The summed E-state index contributed by atoms with van der Waals surface area (Å²) in [5, 5.41) is 1.35. The van der Waals surface area contributed by atoms with Gasteiger partial charge in [0.15, 0.2) is 5.78 Å². The molecule has 0 amide bonds. The summed E-state index contributed by atoms with van der Waals surface area (Å²) in [6.07, 6.45) is 6.56. The van der Waals surface area contributed by atoms with Crippen molar-refractivity contribution in [3.63, 3.8) is 0 Å². The quantitative estimate of drug-likeness (QED) is 0.701. The van der Waals surface area contributed by atoms with E-state index in [4.69, 9.17) is 23.2 Å². The summed E-state index contributed by atoms with van der Waals surface area (Å²) in [6, 6.07) is 14.6. The van der Waals surface area contributed by atoms with Crippen LogP contribution in [0.5, 0.6) is 0 Å². The normalized spacial score (nSPS) is 11.3. The SMILES string of the molecule is O=C(/C=C\c1ccc(Cl)cc1)/C=C/c1ccc(Cl)cc1. The average Bonchev–Trinajstić information content (AvgIpc) is 2.46. The Balaban J connectivity index is 1.98. The Bertz CT molecular complexity index is 580. The van der Waals surface area contributed by atoms with Gasteiger partial charge in [-0.25, -0.2) is 0 Å². The van der Waals surface area contributed by atoms with E-state index in [1.54, 1.807) is 36.4 Å². The first-order valence-corrected chi connectivity index (χ1v) is 6.80. The summed E-state index contributed by atoms with van der Waals surface area (Å²) in [6.45, 7) is 0. The standard InChI is InChI=1S/C17H12Cl2O/c18-15-7-1-13(2-8-15)5-11-17(20)12-6-14-3-9-16(19)10-4-14/h1-12H/b11-5-,12-6+. The molecule has 0 spiro atoms. The fourth-order valence-electron chi connectivity index (χ4n) is 1.56. The van der Waals surface area contributed by atoms with Crippen LogP contribution in [0.3, 0.4) is 0 Å². The highest BCUT2D eigenvalue weighted by Gasteiger charge is 1.92. The van der Waals surface area contributed by atoms with E-state index < -0.39 is 0 Å². The van der Waals surface area contributed by atoms with Gasteiger partial charge in [0.05, 0.1) is 0 Å². The minimum Gasteiger partial charge on any atom is -0.290 e. The molecule has 0 aliphatic carbocycles. The van der Waals surface area contributed by atoms with Crippen molar-refractivity contribution < 1.29 is 4.79 Å². The van der Waals surface area contributed by atoms with E-state index in [0.717, 1.165) is 11.1 Å². The predicted octanol–water partition coefficient (Wildman–Crippen LogP) is 5.29. The Labute approximate surface area is 128 Å². The lowest BCUT2D eigenvalue weighted by Crippen LogP contribution is -1.84. The highest BCUT2D eigenvalue weighted by molar-refractivity contribution is 6.30. The van der Waals surface area contributed by atoms with Gasteiger partial charge in [-0.2, -0.15) is 0 Å². The maximum absolute atomic E-state index is 11.7. The van der Waals surface area contributed by atoms with E-state index in [0.29, 0.717) is 10.0 Å². The molecular weight excluding hydrogens is 291 g/mol. The van der Waals surface area contributed by atoms with E-state index in [-0.39, 0.29) is 5.78 Å². The third-order valence-corrected chi connectivity index (χ3v) is 3.12. The first-order valence-electron chi connectivity index (χ1n) is 6.05. The summed E-state index contributed by atoms with van der Waals surface area (Å²) < 4.78 is 0. The zero-order chi connectivity index (χ0) is 14.4. The van der Waals surface area contributed by atoms with Gasteiger partial charge in [0.25, 0.3) is 0 Å². The lowest BCUT2D eigenvalue weighted by Gasteiger charge is -1.93. The van der Waals surface area contributed by atoms with Crippen LogP contribution in [0.15, 0.2) is 60.7 Å². The van der Waals surface area contributed by atoms with Crippen LogP contribution < -0.4 is 0 Å². The molecule has 0 saturated carbocycles. The number of halogens is 2. The highest BCUT2D eigenvalue weighted by Crippen LogP contribution is 2.12. The van der Waals surface area contributed by atoms with E-state index in [1.807, 2.05) is 24.3 Å². The molecule has 2 aromatic rings. The molecule has 0 aliphatic heterocycles. The molecule has 100 valence electrons. The van der Waals surface area contributed by atoms with Gasteiger partial charge in [-0.3, -0.25) is 4.79 Å². The molecule has 0 bridgehead atoms. The number of hydrogen-bond acceptors (Lipinski definition) is 1. The molecule has 0 saturated heterocycles. The van der Waals surface area contributed by atoms with Crippen LogP contribution in [0, 0.1) is 0 Å². The molecule has 0 unspecified atom stereocenters. The molecule has 0 fully saturated rings. The second-order valence-corrected chi connectivity index (χ2v) is 5.05. The van der Waals surface area contributed by atoms with E-state index >= 15 is 0 Å². The van der Waals surface area contributed by atoms with Gasteiger partial charge < -0.3 is 0 Å². The van der Waals surface area contributed by atoms with Gasteiger partial charge >= 0.3 is 0 Å². The molecule has 0 aliphatic rings. The number of allylic oxidation sites excluding steroid dienone is 2. The summed E-state index contributed by atoms with van der Waals surface area (Å²) in [5.41, 5.74) is 1.87. The lowest BCUT2D eigenvalue weighted by molar-refractivity contribution is -0.110. The Morgan fingerprint density at radius 1 is 0.700 bits per heavy atom. The number of ketones is 1. The first kappa shape index (κ1) is 14.6. The maximum Gasteiger partial charge on any atom is 0.178 e. The van der Waals surface area contributed by atoms with Gasteiger partial charge in [-0.1, -0.05) is 59.6 Å². The minimum absolute atomic E-state index is 0.0742. The molecule has 0 atom stereocenters. The average molecular weight is 303 g/mol. The van der Waals surface area contributed by atoms with Gasteiger partial charge in [-0.05, 0) is 47.5 Å². The highest BCUT2D eigenvalue weighted by atomic mass is 35.5. The van der Waals surface area contributed by atoms with Crippen molar-refractivity contribution >= 4 is 41.1 Å². The van der Waals surface area contributed by atoms with Crippen molar-refractivity contribution in [2.24, 2.45) is 0 Å². The van der Waals surface area contributed by atoms with Crippen LogP contribution in [0.2, 0.25) is 10.0 Å². The second kappa shape index (κ2) is 7.09. The monoisotopic (exact) mass is 302 g/mol. The van der Waals surface area contributed by atoms with Gasteiger partial charge in [0, 0.05) is 10.0 Å². The van der Waals surface area contributed by atoms with E-state index in [1.165, 1.54) is 12.2 Å². The Morgan fingerprint density at radius 2 is 1.05 bits per heavy atom. The number of benzene rings is 2. The van der Waals surface area contributed by atoms with Gasteiger partial charge in [-0.15, -0.1) is 0 Å². The fraction of sp³-hybridized carbons (Fsp3) is 0. The van der Waals surface area contributed by atoms with Crippen molar-refractivity contribution in [2.45, 2.75) is 0 Å². The molecule has 2 aromatic carbocycles. The molecule has 0 N–H and O–H groups in total. The van der Waals surface area contributed by atoms with Crippen LogP contribution in [-0.4, -0.2) is 5.78 Å². The molecular formula is C17H12Cl2O. The van der Waals surface area contributed by atoms with Gasteiger partial charge in [0.2, 0.25) is 0 Å². The summed E-state index contributed by atoms with van der Waals surface area (Å²) in [7, 11) is 0. The van der Waals surface area contributed by atoms with Crippen LogP contribution >= 0.6 is 23.2 Å². The maximum atomic E-state index is 11.7. The van der Waals surface area contributed by atoms with Crippen molar-refractivity contribution in [2.75, 3.05) is 0 Å². The predicted molar refractivity (Wildman–Crippen MR) is 86.0 cm³/mol. The van der Waals surface area contributed by atoms with Crippen molar-refractivity contribution in [1.82, 2.24) is 0 Å². The van der Waals surface area contributed by atoms with Crippen molar-refractivity contribution in [1.29, 1.82) is 0 Å².